The van der Waals surface area contributed by atoms with E-state index in [0.29, 0.717) is 41.2 Å². The highest BCUT2D eigenvalue weighted by Gasteiger charge is 2.27. The van der Waals surface area contributed by atoms with Gasteiger partial charge in [-0.05, 0) is 48.4 Å². The normalized spacial score (nSPS) is 17.3. The molecule has 1 atom stereocenters. The minimum Gasteiger partial charge on any atom is -0.446 e. The Bertz CT molecular complexity index is 1150. The Morgan fingerprint density at radius 3 is 2.82 bits per heavy atom. The van der Waals surface area contributed by atoms with Gasteiger partial charge in [0.25, 0.3) is 0 Å². The minimum atomic E-state index is -0.555. The first kappa shape index (κ1) is 23.1. The molecule has 10 heteroatoms. The lowest BCUT2D eigenvalue weighted by Gasteiger charge is -2.30. The summed E-state index contributed by atoms with van der Waals surface area (Å²) in [5.74, 6) is 1.89. The van der Waals surface area contributed by atoms with Gasteiger partial charge in [-0.2, -0.15) is 0 Å². The van der Waals surface area contributed by atoms with E-state index in [-0.39, 0.29) is 6.03 Å². The van der Waals surface area contributed by atoms with Crippen molar-refractivity contribution in [2.75, 3.05) is 19.8 Å². The molecule has 0 bridgehead atoms. The van der Waals surface area contributed by atoms with Crippen molar-refractivity contribution in [3.8, 4) is 0 Å². The highest BCUT2D eigenvalue weighted by Crippen LogP contribution is 2.29. The van der Waals surface area contributed by atoms with Crippen molar-refractivity contribution in [2.45, 2.75) is 38.3 Å². The van der Waals surface area contributed by atoms with E-state index in [1.54, 1.807) is 23.2 Å². The maximum atomic E-state index is 13.3. The molecule has 0 saturated carbocycles. The second-order valence-corrected chi connectivity index (χ2v) is 9.46. The summed E-state index contributed by atoms with van der Waals surface area (Å²) in [4.78, 5) is 28.4. The van der Waals surface area contributed by atoms with Crippen LogP contribution in [-0.4, -0.2) is 45.6 Å². The number of nitrogens with zero attached hydrogens (tertiary/aromatic N) is 4. The molecule has 0 spiro atoms. The maximum Gasteiger partial charge on any atom is 0.318 e. The molecule has 2 aromatic heterocycles. The van der Waals surface area contributed by atoms with Gasteiger partial charge in [0, 0.05) is 32.4 Å². The Kier molecular flexibility index (Phi) is 6.99. The van der Waals surface area contributed by atoms with Crippen molar-refractivity contribution < 1.29 is 13.9 Å². The lowest BCUT2D eigenvalue weighted by atomic mass is 9.96. The number of aromatic nitrogens is 3. The van der Waals surface area contributed by atoms with Crippen LogP contribution >= 0.6 is 23.2 Å². The number of nitrogens with one attached hydrogen (secondary N) is 1. The summed E-state index contributed by atoms with van der Waals surface area (Å²) in [6, 6.07) is 4.45. The smallest absolute Gasteiger partial charge is 0.318 e. The molecule has 0 radical (unpaired) electrons. The fourth-order valence-electron chi connectivity index (χ4n) is 4.42. The maximum absolute atomic E-state index is 13.3. The van der Waals surface area contributed by atoms with Gasteiger partial charge >= 0.3 is 6.03 Å². The van der Waals surface area contributed by atoms with Gasteiger partial charge in [0.05, 0.1) is 28.5 Å². The molecule has 2 aliphatic rings. The van der Waals surface area contributed by atoms with E-state index in [9.17, 15) is 4.79 Å². The van der Waals surface area contributed by atoms with Crippen LogP contribution in [0.15, 0.2) is 41.4 Å². The lowest BCUT2D eigenvalue weighted by molar-refractivity contribution is 0.0659. The molecule has 2 amide bonds. The van der Waals surface area contributed by atoms with Crippen LogP contribution in [0.1, 0.15) is 47.3 Å². The van der Waals surface area contributed by atoms with Crippen LogP contribution in [0.4, 0.5) is 4.79 Å². The van der Waals surface area contributed by atoms with Gasteiger partial charge in [0.1, 0.15) is 11.9 Å². The van der Waals surface area contributed by atoms with E-state index in [0.717, 1.165) is 55.1 Å². The average Bonchev–Trinajstić information content (AvgIpc) is 3.39. The third-order valence-corrected chi connectivity index (χ3v) is 7.11. The fraction of sp³-hybridized carbons (Fsp3) is 0.417. The zero-order valence-corrected chi connectivity index (χ0v) is 20.1. The summed E-state index contributed by atoms with van der Waals surface area (Å²) in [6.07, 6.45) is 8.45. The monoisotopic (exact) mass is 501 g/mol. The summed E-state index contributed by atoms with van der Waals surface area (Å²) in [7, 11) is 0. The van der Waals surface area contributed by atoms with Gasteiger partial charge in [-0.15, -0.1) is 0 Å². The zero-order chi connectivity index (χ0) is 23.5. The molecule has 178 valence electrons. The van der Waals surface area contributed by atoms with Crippen molar-refractivity contribution >= 4 is 29.2 Å². The highest BCUT2D eigenvalue weighted by atomic mass is 35.5. The number of hydrogen-bond acceptors (Lipinski definition) is 6. The average molecular weight is 502 g/mol. The summed E-state index contributed by atoms with van der Waals surface area (Å²) < 4.78 is 11.0. The number of halogens is 2. The number of rotatable bonds is 5. The number of oxazole rings is 1. The van der Waals surface area contributed by atoms with Gasteiger partial charge < -0.3 is 19.4 Å². The summed E-state index contributed by atoms with van der Waals surface area (Å²) in [6.45, 7) is 2.60. The second-order valence-electron chi connectivity index (χ2n) is 8.65. The van der Waals surface area contributed by atoms with Crippen molar-refractivity contribution in [3.05, 3.63) is 75.4 Å². The molecule has 1 N–H and O–H groups in total. The molecule has 8 nitrogen and oxygen atoms in total. The lowest BCUT2D eigenvalue weighted by Crippen LogP contribution is -2.44. The molecule has 1 aromatic carbocycles. The largest absolute Gasteiger partial charge is 0.446 e. The van der Waals surface area contributed by atoms with Crippen LogP contribution in [-0.2, 0) is 24.1 Å². The standard InChI is InChI=1S/C24H25Cl2N5O3/c25-18-2-1-16(10-19(18)26)23(21-12-27-14-34-21)30-24(32)31-6-3-17-11-28-22(29-20(17)13-31)9-15-4-7-33-8-5-15/h1-2,10-12,14-15,23H,3-9,13H2,(H,30,32). The molecule has 1 unspecified atom stereocenters. The summed E-state index contributed by atoms with van der Waals surface area (Å²) >= 11 is 12.3. The van der Waals surface area contributed by atoms with Crippen LogP contribution in [0.25, 0.3) is 0 Å². The molecule has 1 saturated heterocycles. The van der Waals surface area contributed by atoms with Crippen LogP contribution < -0.4 is 5.32 Å². The number of carbonyl (C=O) groups is 1. The Hall–Kier alpha value is -2.68. The quantitative estimate of drug-likeness (QED) is 0.549. The number of fused-ring (bicyclic) bond motifs is 1. The third kappa shape index (κ3) is 5.19. The fourth-order valence-corrected chi connectivity index (χ4v) is 4.72. The molecule has 5 rings (SSSR count). The molecule has 3 aromatic rings. The molecule has 0 aliphatic carbocycles. The van der Waals surface area contributed by atoms with E-state index < -0.39 is 6.04 Å². The van der Waals surface area contributed by atoms with Crippen molar-refractivity contribution in [2.24, 2.45) is 5.92 Å². The van der Waals surface area contributed by atoms with Crippen molar-refractivity contribution in [3.63, 3.8) is 0 Å². The van der Waals surface area contributed by atoms with Crippen LogP contribution in [0.2, 0.25) is 10.0 Å². The molecule has 2 aliphatic heterocycles. The molecule has 34 heavy (non-hydrogen) atoms. The first-order valence-corrected chi connectivity index (χ1v) is 12.1. The van der Waals surface area contributed by atoms with E-state index >= 15 is 0 Å². The number of urea groups is 1. The Morgan fingerprint density at radius 2 is 2.06 bits per heavy atom. The predicted molar refractivity (Wildman–Crippen MR) is 127 cm³/mol. The van der Waals surface area contributed by atoms with Gasteiger partial charge in [0.15, 0.2) is 12.2 Å². The van der Waals surface area contributed by atoms with Crippen LogP contribution in [0.3, 0.4) is 0 Å². The zero-order valence-electron chi connectivity index (χ0n) is 18.5. The number of hydrogen-bond donors (Lipinski definition) is 1. The predicted octanol–water partition coefficient (Wildman–Crippen LogP) is 4.60. The van der Waals surface area contributed by atoms with E-state index in [1.807, 2.05) is 12.3 Å². The number of carbonyl (C=O) groups excluding carboxylic acids is 1. The second kappa shape index (κ2) is 10.3. The summed E-state index contributed by atoms with van der Waals surface area (Å²) in [5.41, 5.74) is 2.75. The van der Waals surface area contributed by atoms with Crippen molar-refractivity contribution in [1.82, 2.24) is 25.2 Å². The van der Waals surface area contributed by atoms with Crippen molar-refractivity contribution in [1.29, 1.82) is 0 Å². The van der Waals surface area contributed by atoms with Gasteiger partial charge in [-0.3, -0.25) is 0 Å². The SMILES string of the molecule is O=C(NC(c1ccc(Cl)c(Cl)c1)c1cnco1)N1CCc2cnc(CC3CCOCC3)nc2C1. The molecule has 4 heterocycles. The molecular weight excluding hydrogens is 477 g/mol. The van der Waals surface area contributed by atoms with Crippen LogP contribution in [0.5, 0.6) is 0 Å². The Balaban J connectivity index is 1.30. The number of benzene rings is 1. The van der Waals surface area contributed by atoms with Crippen LogP contribution in [0, 0.1) is 5.92 Å². The van der Waals surface area contributed by atoms with Gasteiger partial charge in [-0.25, -0.2) is 19.7 Å². The first-order chi connectivity index (χ1) is 16.6. The number of amides is 2. The Labute approximate surface area is 207 Å². The Morgan fingerprint density at radius 1 is 1.21 bits per heavy atom. The van der Waals surface area contributed by atoms with E-state index in [4.69, 9.17) is 37.3 Å². The van der Waals surface area contributed by atoms with Gasteiger partial charge in [-0.1, -0.05) is 29.3 Å². The first-order valence-electron chi connectivity index (χ1n) is 11.4. The third-order valence-electron chi connectivity index (χ3n) is 6.38. The van der Waals surface area contributed by atoms with E-state index in [2.05, 4.69) is 15.3 Å². The molecular formula is C24H25Cl2N5O3. The highest BCUT2D eigenvalue weighted by molar-refractivity contribution is 6.42. The topological polar surface area (TPSA) is 93.4 Å². The van der Waals surface area contributed by atoms with E-state index in [1.165, 1.54) is 6.39 Å². The molecule has 1 fully saturated rings. The summed E-state index contributed by atoms with van der Waals surface area (Å²) in [5, 5.41) is 3.90. The minimum absolute atomic E-state index is 0.220. The number of ether oxygens (including phenoxy) is 1. The van der Waals surface area contributed by atoms with Gasteiger partial charge in [0.2, 0.25) is 0 Å².